The molecule has 1 fully saturated rings. The summed E-state index contributed by atoms with van der Waals surface area (Å²) in [5.41, 5.74) is 1.02. The molecule has 19 heavy (non-hydrogen) atoms. The molecule has 0 amide bonds. The Balaban J connectivity index is 1.91. The molecule has 1 aromatic rings. The van der Waals surface area contributed by atoms with Crippen LogP contribution in [-0.2, 0) is 10.2 Å². The van der Waals surface area contributed by atoms with Crippen molar-refractivity contribution in [2.24, 2.45) is 5.41 Å². The van der Waals surface area contributed by atoms with Crippen LogP contribution in [-0.4, -0.2) is 26.3 Å². The smallest absolute Gasteiger partial charge is 0.116 e. The van der Waals surface area contributed by atoms with Crippen LogP contribution < -0.4 is 5.32 Å². The number of nitrogens with zero attached hydrogens (tertiary/aromatic N) is 1. The molecule has 0 saturated carbocycles. The SMILES string of the molecule is CC(C)(CNCC1(C#N)COC1)c1ccc(Br)cc1. The molecular formula is C15H19BrN2O. The molecule has 0 aromatic heterocycles. The van der Waals surface area contributed by atoms with Crippen molar-refractivity contribution in [3.63, 3.8) is 0 Å². The van der Waals surface area contributed by atoms with Crippen LogP contribution in [0.1, 0.15) is 19.4 Å². The Hall–Kier alpha value is -0.890. The van der Waals surface area contributed by atoms with Gasteiger partial charge in [0.15, 0.2) is 0 Å². The van der Waals surface area contributed by atoms with Gasteiger partial charge in [0.05, 0.1) is 19.3 Å². The largest absolute Gasteiger partial charge is 0.378 e. The maximum Gasteiger partial charge on any atom is 0.116 e. The van der Waals surface area contributed by atoms with Gasteiger partial charge < -0.3 is 10.1 Å². The Bertz CT molecular complexity index is 472. The lowest BCUT2D eigenvalue weighted by Crippen LogP contribution is -2.50. The van der Waals surface area contributed by atoms with E-state index in [2.05, 4.69) is 65.4 Å². The second-order valence-electron chi connectivity index (χ2n) is 5.88. The zero-order valence-corrected chi connectivity index (χ0v) is 13.0. The van der Waals surface area contributed by atoms with Crippen LogP contribution in [0.25, 0.3) is 0 Å². The number of nitriles is 1. The van der Waals surface area contributed by atoms with Gasteiger partial charge in [0.25, 0.3) is 0 Å². The van der Waals surface area contributed by atoms with E-state index >= 15 is 0 Å². The minimum Gasteiger partial charge on any atom is -0.378 e. The number of benzene rings is 1. The minimum atomic E-state index is -0.310. The van der Waals surface area contributed by atoms with E-state index in [0.29, 0.717) is 19.8 Å². The van der Waals surface area contributed by atoms with Crippen LogP contribution in [0.3, 0.4) is 0 Å². The van der Waals surface area contributed by atoms with Gasteiger partial charge in [-0.25, -0.2) is 0 Å². The lowest BCUT2D eigenvalue weighted by atomic mass is 9.83. The first-order valence-corrected chi connectivity index (χ1v) is 7.23. The van der Waals surface area contributed by atoms with Gasteiger partial charge >= 0.3 is 0 Å². The van der Waals surface area contributed by atoms with Crippen molar-refractivity contribution >= 4 is 15.9 Å². The lowest BCUT2D eigenvalue weighted by molar-refractivity contribution is -0.0756. The fraction of sp³-hybridized carbons (Fsp3) is 0.533. The van der Waals surface area contributed by atoms with Gasteiger partial charge in [-0.1, -0.05) is 41.9 Å². The summed E-state index contributed by atoms with van der Waals surface area (Å²) in [4.78, 5) is 0. The summed E-state index contributed by atoms with van der Waals surface area (Å²) in [6.07, 6.45) is 0. The average Bonchev–Trinajstić information content (AvgIpc) is 2.33. The Morgan fingerprint density at radius 2 is 2.00 bits per heavy atom. The van der Waals surface area contributed by atoms with E-state index < -0.39 is 0 Å². The maximum absolute atomic E-state index is 9.14. The van der Waals surface area contributed by atoms with Crippen molar-refractivity contribution in [2.75, 3.05) is 26.3 Å². The van der Waals surface area contributed by atoms with Crippen LogP contribution >= 0.6 is 15.9 Å². The number of halogens is 1. The summed E-state index contributed by atoms with van der Waals surface area (Å²) < 4.78 is 6.23. The van der Waals surface area contributed by atoms with Crippen molar-refractivity contribution in [1.82, 2.24) is 5.32 Å². The van der Waals surface area contributed by atoms with Crippen molar-refractivity contribution in [3.8, 4) is 6.07 Å². The summed E-state index contributed by atoms with van der Waals surface area (Å²) in [7, 11) is 0. The number of rotatable bonds is 5. The molecule has 0 atom stereocenters. The van der Waals surface area contributed by atoms with Gasteiger partial charge in [-0.2, -0.15) is 5.26 Å². The molecule has 0 unspecified atom stereocenters. The van der Waals surface area contributed by atoms with Gasteiger partial charge in [0.2, 0.25) is 0 Å². The van der Waals surface area contributed by atoms with Crippen LogP contribution in [0.2, 0.25) is 0 Å². The molecule has 3 nitrogen and oxygen atoms in total. The molecule has 2 rings (SSSR count). The third-order valence-electron chi connectivity index (χ3n) is 3.65. The molecule has 1 aromatic carbocycles. The first kappa shape index (κ1) is 14.5. The third-order valence-corrected chi connectivity index (χ3v) is 4.18. The summed E-state index contributed by atoms with van der Waals surface area (Å²) >= 11 is 3.45. The minimum absolute atomic E-state index is 0.0436. The average molecular weight is 323 g/mol. The molecule has 1 aliphatic heterocycles. The standard InChI is InChI=1S/C15H19BrN2O/c1-14(2,12-3-5-13(16)6-4-12)8-18-9-15(7-17)10-19-11-15/h3-6,18H,8-11H2,1-2H3. The van der Waals surface area contributed by atoms with Crippen LogP contribution in [0, 0.1) is 16.7 Å². The van der Waals surface area contributed by atoms with Crippen LogP contribution in [0.5, 0.6) is 0 Å². The molecule has 0 radical (unpaired) electrons. The molecule has 4 heteroatoms. The molecule has 102 valence electrons. The van der Waals surface area contributed by atoms with Crippen molar-refractivity contribution in [1.29, 1.82) is 5.26 Å². The van der Waals surface area contributed by atoms with Crippen molar-refractivity contribution < 1.29 is 4.74 Å². The zero-order chi connectivity index (χ0) is 13.9. The van der Waals surface area contributed by atoms with Gasteiger partial charge in [0.1, 0.15) is 5.41 Å². The highest BCUT2D eigenvalue weighted by Crippen LogP contribution is 2.27. The number of ether oxygens (including phenoxy) is 1. The van der Waals surface area contributed by atoms with Crippen molar-refractivity contribution in [3.05, 3.63) is 34.3 Å². The monoisotopic (exact) mass is 322 g/mol. The topological polar surface area (TPSA) is 45.0 Å². The van der Waals surface area contributed by atoms with E-state index in [0.717, 1.165) is 11.0 Å². The predicted octanol–water partition coefficient (Wildman–Crippen LogP) is 2.86. The van der Waals surface area contributed by atoms with Gasteiger partial charge in [0, 0.05) is 23.0 Å². The number of hydrogen-bond acceptors (Lipinski definition) is 3. The van der Waals surface area contributed by atoms with Gasteiger partial charge in [-0.15, -0.1) is 0 Å². The van der Waals surface area contributed by atoms with Gasteiger partial charge in [-0.3, -0.25) is 0 Å². The Kier molecular flexibility index (Phi) is 4.29. The lowest BCUT2D eigenvalue weighted by Gasteiger charge is -2.36. The number of hydrogen-bond donors (Lipinski definition) is 1. The molecule has 1 N–H and O–H groups in total. The summed E-state index contributed by atoms with van der Waals surface area (Å²) in [6.45, 7) is 7.06. The highest BCUT2D eigenvalue weighted by atomic mass is 79.9. The Morgan fingerprint density at radius 1 is 1.37 bits per heavy atom. The summed E-state index contributed by atoms with van der Waals surface area (Å²) in [5.74, 6) is 0. The molecule has 1 aliphatic rings. The summed E-state index contributed by atoms with van der Waals surface area (Å²) in [5, 5.41) is 12.6. The molecule has 0 aliphatic carbocycles. The molecule has 0 bridgehead atoms. The quantitative estimate of drug-likeness (QED) is 0.906. The highest BCUT2D eigenvalue weighted by Gasteiger charge is 2.38. The summed E-state index contributed by atoms with van der Waals surface area (Å²) in [6, 6.07) is 10.8. The fourth-order valence-corrected chi connectivity index (χ4v) is 2.44. The van der Waals surface area contributed by atoms with E-state index in [4.69, 9.17) is 10.00 Å². The number of nitrogens with one attached hydrogen (secondary N) is 1. The second kappa shape index (κ2) is 5.62. The second-order valence-corrected chi connectivity index (χ2v) is 6.79. The van der Waals surface area contributed by atoms with E-state index in [9.17, 15) is 0 Å². The predicted molar refractivity (Wildman–Crippen MR) is 78.9 cm³/mol. The van der Waals surface area contributed by atoms with E-state index in [1.807, 2.05) is 0 Å². The highest BCUT2D eigenvalue weighted by molar-refractivity contribution is 9.10. The normalized spacial score (nSPS) is 17.6. The third kappa shape index (κ3) is 3.36. The Morgan fingerprint density at radius 3 is 2.47 bits per heavy atom. The van der Waals surface area contributed by atoms with E-state index in [-0.39, 0.29) is 10.8 Å². The van der Waals surface area contributed by atoms with E-state index in [1.54, 1.807) is 0 Å². The van der Waals surface area contributed by atoms with Gasteiger partial charge in [-0.05, 0) is 17.7 Å². The van der Waals surface area contributed by atoms with Crippen LogP contribution in [0.4, 0.5) is 0 Å². The van der Waals surface area contributed by atoms with Crippen molar-refractivity contribution in [2.45, 2.75) is 19.3 Å². The first-order chi connectivity index (χ1) is 8.97. The molecule has 0 spiro atoms. The van der Waals surface area contributed by atoms with Crippen LogP contribution in [0.15, 0.2) is 28.7 Å². The first-order valence-electron chi connectivity index (χ1n) is 6.43. The molecule has 1 heterocycles. The maximum atomic E-state index is 9.14. The Labute approximate surface area is 123 Å². The van der Waals surface area contributed by atoms with E-state index in [1.165, 1.54) is 5.56 Å². The molecule has 1 saturated heterocycles. The molecular weight excluding hydrogens is 304 g/mol. The fourth-order valence-electron chi connectivity index (χ4n) is 2.17. The zero-order valence-electron chi connectivity index (χ0n) is 11.4.